The van der Waals surface area contributed by atoms with E-state index in [0.29, 0.717) is 0 Å². The van der Waals surface area contributed by atoms with Gasteiger partial charge in [0, 0.05) is 16.0 Å². The first-order chi connectivity index (χ1) is 15.5. The minimum Gasteiger partial charge on any atom is -0.506 e. The number of alkyl halides is 3. The van der Waals surface area contributed by atoms with Crippen molar-refractivity contribution in [3.63, 3.8) is 0 Å². The van der Waals surface area contributed by atoms with Crippen LogP contribution in [0.25, 0.3) is 10.8 Å². The summed E-state index contributed by atoms with van der Waals surface area (Å²) in [6.07, 6.45) is 0. The molecular weight excluding hydrogens is 463 g/mol. The number of benzene rings is 3. The third kappa shape index (κ3) is 5.37. The summed E-state index contributed by atoms with van der Waals surface area (Å²) >= 11 is -0.418. The van der Waals surface area contributed by atoms with Crippen LogP contribution in [0.2, 0.25) is 0 Å². The maximum absolute atomic E-state index is 13.1. The van der Waals surface area contributed by atoms with Crippen molar-refractivity contribution in [2.24, 2.45) is 0 Å². The van der Waals surface area contributed by atoms with Crippen molar-refractivity contribution in [2.45, 2.75) is 10.4 Å². The van der Waals surface area contributed by atoms with Crippen LogP contribution in [-0.4, -0.2) is 42.7 Å². The van der Waals surface area contributed by atoms with Crippen LogP contribution in [0.4, 0.5) is 18.9 Å². The average Bonchev–Trinajstić information content (AvgIpc) is 2.78. The van der Waals surface area contributed by atoms with Crippen molar-refractivity contribution in [1.29, 1.82) is 0 Å². The molecule has 11 heteroatoms. The fourth-order valence-corrected chi connectivity index (χ4v) is 3.79. The number of phenols is 1. The van der Waals surface area contributed by atoms with Crippen LogP contribution in [0.15, 0.2) is 53.4 Å². The molecule has 7 nitrogen and oxygen atoms in total. The number of fused-ring (bicyclic) bond motifs is 1. The van der Waals surface area contributed by atoms with Gasteiger partial charge in [-0.1, -0.05) is 24.3 Å². The number of carbonyl (C=O) groups is 3. The largest absolute Gasteiger partial charge is 0.506 e. The highest BCUT2D eigenvalue weighted by Gasteiger charge is 2.31. The number of amides is 1. The number of rotatable bonds is 5. The van der Waals surface area contributed by atoms with E-state index in [2.05, 4.69) is 14.8 Å². The highest BCUT2D eigenvalue weighted by molar-refractivity contribution is 8.00. The van der Waals surface area contributed by atoms with Crippen LogP contribution >= 0.6 is 11.8 Å². The summed E-state index contributed by atoms with van der Waals surface area (Å²) in [7, 11) is 2.25. The summed E-state index contributed by atoms with van der Waals surface area (Å²) in [6, 6.07) is 10.3. The van der Waals surface area contributed by atoms with E-state index in [0.717, 1.165) is 20.3 Å². The molecule has 0 radical (unpaired) electrons. The molecule has 0 saturated heterocycles. The van der Waals surface area contributed by atoms with Crippen molar-refractivity contribution in [3.8, 4) is 5.75 Å². The van der Waals surface area contributed by atoms with Crippen molar-refractivity contribution >= 4 is 46.1 Å². The first kappa shape index (κ1) is 23.9. The fraction of sp³-hybridized carbons (Fsp3) is 0.136. The van der Waals surface area contributed by atoms with Gasteiger partial charge in [0.15, 0.2) is 0 Å². The Labute approximate surface area is 189 Å². The number of hydrogen-bond acceptors (Lipinski definition) is 7. The molecule has 0 heterocycles. The van der Waals surface area contributed by atoms with E-state index in [4.69, 9.17) is 0 Å². The quantitative estimate of drug-likeness (QED) is 0.393. The summed E-state index contributed by atoms with van der Waals surface area (Å²) in [5, 5.41) is 13.1. The molecule has 2 N–H and O–H groups in total. The summed E-state index contributed by atoms with van der Waals surface area (Å²) < 4.78 is 48.5. The summed E-state index contributed by atoms with van der Waals surface area (Å²) in [5.41, 5.74) is -5.25. The van der Waals surface area contributed by atoms with Gasteiger partial charge >= 0.3 is 17.4 Å². The second-order valence-electron chi connectivity index (χ2n) is 6.60. The molecule has 0 aliphatic carbocycles. The summed E-state index contributed by atoms with van der Waals surface area (Å²) in [4.78, 5) is 36.5. The Morgan fingerprint density at radius 2 is 1.45 bits per heavy atom. The number of aromatic hydroxyl groups is 1. The van der Waals surface area contributed by atoms with E-state index in [-0.39, 0.29) is 32.5 Å². The Bertz CT molecular complexity index is 1220. The number of ether oxygens (including phenoxy) is 2. The number of halogens is 3. The van der Waals surface area contributed by atoms with Gasteiger partial charge in [0.2, 0.25) is 0 Å². The highest BCUT2D eigenvalue weighted by Crippen LogP contribution is 2.43. The maximum Gasteiger partial charge on any atom is 0.446 e. The molecule has 3 aromatic rings. The van der Waals surface area contributed by atoms with Gasteiger partial charge in [-0.25, -0.2) is 9.59 Å². The van der Waals surface area contributed by atoms with Gasteiger partial charge in [-0.3, -0.25) is 4.79 Å². The predicted molar refractivity (Wildman–Crippen MR) is 115 cm³/mol. The second-order valence-corrected chi connectivity index (χ2v) is 7.71. The van der Waals surface area contributed by atoms with E-state index in [1.165, 1.54) is 42.5 Å². The Morgan fingerprint density at radius 3 is 1.97 bits per heavy atom. The molecule has 0 aromatic heterocycles. The maximum atomic E-state index is 13.1. The number of carbonyl (C=O) groups excluding carboxylic acids is 3. The summed E-state index contributed by atoms with van der Waals surface area (Å²) in [5.74, 6) is -3.07. The van der Waals surface area contributed by atoms with Crippen LogP contribution in [0.3, 0.4) is 0 Å². The zero-order chi connectivity index (χ0) is 24.3. The zero-order valence-corrected chi connectivity index (χ0v) is 18.0. The van der Waals surface area contributed by atoms with Gasteiger partial charge in [-0.05, 0) is 41.4 Å². The van der Waals surface area contributed by atoms with Crippen molar-refractivity contribution in [3.05, 3.63) is 65.2 Å². The van der Waals surface area contributed by atoms with Gasteiger partial charge in [0.05, 0.1) is 30.9 Å². The second kappa shape index (κ2) is 9.41. The molecule has 0 fully saturated rings. The van der Waals surface area contributed by atoms with Crippen LogP contribution < -0.4 is 5.32 Å². The van der Waals surface area contributed by atoms with E-state index in [1.807, 2.05) is 0 Å². The molecule has 0 bridgehead atoms. The molecular formula is C22H16F3NO6S. The average molecular weight is 479 g/mol. The van der Waals surface area contributed by atoms with E-state index < -0.39 is 46.4 Å². The smallest absolute Gasteiger partial charge is 0.446 e. The Morgan fingerprint density at radius 1 is 0.909 bits per heavy atom. The van der Waals surface area contributed by atoms with Gasteiger partial charge in [0.1, 0.15) is 5.75 Å². The normalized spacial score (nSPS) is 11.2. The number of esters is 2. The summed E-state index contributed by atoms with van der Waals surface area (Å²) in [6.45, 7) is 0. The third-order valence-corrected chi connectivity index (χ3v) is 5.27. The molecule has 33 heavy (non-hydrogen) atoms. The standard InChI is InChI=1S/C22H16F3NO6S/c1-31-20(29)11-7-12(21(30)32-2)9-13(8-11)26-19(28)16-10-17(33-22(23,24)25)14-5-3-4-6-15(14)18(16)27/h3-10,27H,1-2H3,(H,26,28). The molecule has 0 spiro atoms. The zero-order valence-electron chi connectivity index (χ0n) is 17.1. The lowest BCUT2D eigenvalue weighted by atomic mass is 10.0. The molecule has 172 valence electrons. The molecule has 3 rings (SSSR count). The SMILES string of the molecule is COC(=O)c1cc(NC(=O)c2cc(SC(F)(F)F)c3ccccc3c2O)cc(C(=O)OC)c1. The van der Waals surface area contributed by atoms with Gasteiger partial charge in [-0.15, -0.1) is 0 Å². The molecule has 0 aliphatic rings. The van der Waals surface area contributed by atoms with Gasteiger partial charge in [-0.2, -0.15) is 13.2 Å². The highest BCUT2D eigenvalue weighted by atomic mass is 32.2. The fourth-order valence-electron chi connectivity index (χ4n) is 3.08. The number of methoxy groups -OCH3 is 2. The molecule has 3 aromatic carbocycles. The van der Waals surface area contributed by atoms with Crippen LogP contribution in [0.1, 0.15) is 31.1 Å². The Kier molecular flexibility index (Phi) is 6.82. The number of hydrogen-bond donors (Lipinski definition) is 2. The third-order valence-electron chi connectivity index (χ3n) is 4.48. The lowest BCUT2D eigenvalue weighted by Crippen LogP contribution is -2.15. The predicted octanol–water partition coefficient (Wildman–Crippen LogP) is 4.98. The lowest BCUT2D eigenvalue weighted by molar-refractivity contribution is -0.0328. The van der Waals surface area contributed by atoms with Crippen molar-refractivity contribution < 1.29 is 42.1 Å². The number of thioether (sulfide) groups is 1. The van der Waals surface area contributed by atoms with E-state index in [1.54, 1.807) is 0 Å². The lowest BCUT2D eigenvalue weighted by Gasteiger charge is -2.14. The number of phenolic OH excluding ortho intramolecular Hbond substituents is 1. The van der Waals surface area contributed by atoms with Gasteiger partial charge in [0.25, 0.3) is 5.91 Å². The molecule has 0 saturated carbocycles. The number of nitrogens with one attached hydrogen (secondary N) is 1. The molecule has 0 unspecified atom stereocenters. The molecule has 0 atom stereocenters. The minimum absolute atomic E-state index is 0.0408. The van der Waals surface area contributed by atoms with Crippen LogP contribution in [-0.2, 0) is 9.47 Å². The molecule has 0 aliphatic heterocycles. The molecule has 1 amide bonds. The van der Waals surface area contributed by atoms with Crippen molar-refractivity contribution in [2.75, 3.05) is 19.5 Å². The van der Waals surface area contributed by atoms with Crippen molar-refractivity contribution in [1.82, 2.24) is 0 Å². The van der Waals surface area contributed by atoms with Gasteiger partial charge < -0.3 is 19.9 Å². The number of anilines is 1. The first-order valence-electron chi connectivity index (χ1n) is 9.17. The van der Waals surface area contributed by atoms with Crippen LogP contribution in [0, 0.1) is 0 Å². The monoisotopic (exact) mass is 479 g/mol. The Hall–Kier alpha value is -3.73. The Balaban J connectivity index is 2.07. The minimum atomic E-state index is -4.63. The van der Waals surface area contributed by atoms with E-state index >= 15 is 0 Å². The first-order valence-corrected chi connectivity index (χ1v) is 9.99. The van der Waals surface area contributed by atoms with E-state index in [9.17, 15) is 32.7 Å². The van der Waals surface area contributed by atoms with Crippen LogP contribution in [0.5, 0.6) is 5.75 Å². The topological polar surface area (TPSA) is 102 Å².